The van der Waals surface area contributed by atoms with Gasteiger partial charge in [0.15, 0.2) is 6.61 Å². The average Bonchev–Trinajstić information content (AvgIpc) is 2.85. The summed E-state index contributed by atoms with van der Waals surface area (Å²) in [5.41, 5.74) is 5.92. The lowest BCUT2D eigenvalue weighted by atomic mass is 10.1. The van der Waals surface area contributed by atoms with Crippen LogP contribution < -0.4 is 10.5 Å². The number of benzene rings is 1. The van der Waals surface area contributed by atoms with Crippen LogP contribution in [0.2, 0.25) is 0 Å². The molecule has 0 fully saturated rings. The van der Waals surface area contributed by atoms with Gasteiger partial charge in [-0.2, -0.15) is 4.98 Å². The van der Waals surface area contributed by atoms with Crippen molar-refractivity contribution in [3.63, 3.8) is 0 Å². The molecular weight excluding hydrogens is 230 g/mol. The summed E-state index contributed by atoms with van der Waals surface area (Å²) in [5, 5.41) is 3.84. The summed E-state index contributed by atoms with van der Waals surface area (Å²) in [6.07, 6.45) is 0. The van der Waals surface area contributed by atoms with Gasteiger partial charge >= 0.3 is 0 Å². The lowest BCUT2D eigenvalue weighted by Crippen LogP contribution is -2.17. The number of hydrogen-bond acceptors (Lipinski definition) is 5. The van der Waals surface area contributed by atoms with Gasteiger partial charge in [0.05, 0.1) is 6.04 Å². The molecule has 1 aromatic heterocycles. The highest BCUT2D eigenvalue weighted by molar-refractivity contribution is 5.20. The van der Waals surface area contributed by atoms with Crippen LogP contribution in [0.25, 0.3) is 0 Å². The summed E-state index contributed by atoms with van der Waals surface area (Å²) in [4.78, 5) is 4.22. The predicted octanol–water partition coefficient (Wildman–Crippen LogP) is 2.30. The number of nitrogens with zero attached hydrogens (tertiary/aromatic N) is 2. The van der Waals surface area contributed by atoms with Crippen molar-refractivity contribution in [3.05, 3.63) is 42.0 Å². The molecule has 0 aliphatic rings. The van der Waals surface area contributed by atoms with E-state index in [1.165, 1.54) is 0 Å². The molecule has 1 atom stereocenters. The summed E-state index contributed by atoms with van der Waals surface area (Å²) in [7, 11) is 0. The van der Waals surface area contributed by atoms with Crippen LogP contribution in [0.15, 0.2) is 34.9 Å². The van der Waals surface area contributed by atoms with E-state index in [9.17, 15) is 0 Å². The van der Waals surface area contributed by atoms with Crippen LogP contribution in [0.5, 0.6) is 5.75 Å². The molecule has 2 rings (SSSR count). The molecule has 0 spiro atoms. The smallest absolute Gasteiger partial charge is 0.243 e. The summed E-state index contributed by atoms with van der Waals surface area (Å²) in [6, 6.07) is 9.27. The minimum absolute atomic E-state index is 0.233. The summed E-state index contributed by atoms with van der Waals surface area (Å²) in [5.74, 6) is 1.99. The molecule has 2 N–H and O–H groups in total. The van der Waals surface area contributed by atoms with E-state index >= 15 is 0 Å². The summed E-state index contributed by atoms with van der Waals surface area (Å²) >= 11 is 0. The van der Waals surface area contributed by atoms with Crippen LogP contribution in [0.3, 0.4) is 0 Å². The molecule has 0 aliphatic heterocycles. The second kappa shape index (κ2) is 5.64. The molecule has 1 heterocycles. The highest BCUT2D eigenvalue weighted by atomic mass is 16.5. The Labute approximate surface area is 106 Å². The average molecular weight is 247 g/mol. The molecule has 0 unspecified atom stereocenters. The zero-order valence-electron chi connectivity index (χ0n) is 10.5. The van der Waals surface area contributed by atoms with Gasteiger partial charge in [-0.3, -0.25) is 0 Å². The Morgan fingerprint density at radius 2 is 2.00 bits per heavy atom. The van der Waals surface area contributed by atoms with Crippen LogP contribution in [0, 0.1) is 5.92 Å². The monoisotopic (exact) mass is 247 g/mol. The summed E-state index contributed by atoms with van der Waals surface area (Å²) < 4.78 is 10.6. The van der Waals surface area contributed by atoms with E-state index in [4.69, 9.17) is 15.0 Å². The van der Waals surface area contributed by atoms with Crippen LogP contribution in [-0.4, -0.2) is 10.1 Å². The van der Waals surface area contributed by atoms with Crippen LogP contribution in [-0.2, 0) is 6.61 Å². The van der Waals surface area contributed by atoms with E-state index < -0.39 is 0 Å². The molecule has 2 aromatic rings. The molecule has 1 aromatic carbocycles. The van der Waals surface area contributed by atoms with Crippen LogP contribution >= 0.6 is 0 Å². The maximum Gasteiger partial charge on any atom is 0.243 e. The Balaban J connectivity index is 1.95. The SMILES string of the molecule is CC(C)[C@@H](N)c1nc(COc2ccccc2)no1. The van der Waals surface area contributed by atoms with E-state index in [1.54, 1.807) is 0 Å². The Morgan fingerprint density at radius 1 is 1.28 bits per heavy atom. The van der Waals surface area contributed by atoms with Gasteiger partial charge in [-0.05, 0) is 18.1 Å². The number of hydrogen-bond donors (Lipinski definition) is 1. The highest BCUT2D eigenvalue weighted by Gasteiger charge is 2.18. The van der Waals surface area contributed by atoms with Crippen molar-refractivity contribution >= 4 is 0 Å². The van der Waals surface area contributed by atoms with E-state index in [-0.39, 0.29) is 18.6 Å². The molecule has 18 heavy (non-hydrogen) atoms. The molecule has 5 heteroatoms. The zero-order chi connectivity index (χ0) is 13.0. The normalized spacial score (nSPS) is 12.7. The first kappa shape index (κ1) is 12.6. The fourth-order valence-electron chi connectivity index (χ4n) is 1.41. The molecule has 5 nitrogen and oxygen atoms in total. The fraction of sp³-hybridized carbons (Fsp3) is 0.385. The lowest BCUT2D eigenvalue weighted by molar-refractivity contribution is 0.281. The van der Waals surface area contributed by atoms with Gasteiger partial charge in [0.1, 0.15) is 5.75 Å². The summed E-state index contributed by atoms with van der Waals surface area (Å²) in [6.45, 7) is 4.29. The molecule has 0 amide bonds. The molecule has 0 radical (unpaired) electrons. The third-order valence-electron chi connectivity index (χ3n) is 2.60. The highest BCUT2D eigenvalue weighted by Crippen LogP contribution is 2.17. The predicted molar refractivity (Wildman–Crippen MR) is 66.8 cm³/mol. The molecule has 0 saturated carbocycles. The second-order valence-electron chi connectivity index (χ2n) is 4.42. The molecule has 0 aliphatic carbocycles. The number of rotatable bonds is 5. The Morgan fingerprint density at radius 3 is 2.67 bits per heavy atom. The Kier molecular flexibility index (Phi) is 3.94. The zero-order valence-corrected chi connectivity index (χ0v) is 10.5. The number of para-hydroxylation sites is 1. The van der Waals surface area contributed by atoms with Gasteiger partial charge in [0.25, 0.3) is 0 Å². The fourth-order valence-corrected chi connectivity index (χ4v) is 1.41. The van der Waals surface area contributed by atoms with Crippen molar-refractivity contribution in [3.8, 4) is 5.75 Å². The van der Waals surface area contributed by atoms with Crippen LogP contribution in [0.4, 0.5) is 0 Å². The number of ether oxygens (including phenoxy) is 1. The molecule has 0 saturated heterocycles. The molecule has 96 valence electrons. The van der Waals surface area contributed by atoms with Crippen molar-refractivity contribution in [1.82, 2.24) is 10.1 Å². The van der Waals surface area contributed by atoms with Crippen molar-refractivity contribution in [2.75, 3.05) is 0 Å². The van der Waals surface area contributed by atoms with Gasteiger partial charge in [-0.15, -0.1) is 0 Å². The number of nitrogens with two attached hydrogens (primary N) is 1. The Bertz CT molecular complexity index is 482. The third kappa shape index (κ3) is 3.07. The van der Waals surface area contributed by atoms with Crippen molar-refractivity contribution < 1.29 is 9.26 Å². The molecule has 0 bridgehead atoms. The van der Waals surface area contributed by atoms with E-state index in [0.717, 1.165) is 5.75 Å². The van der Waals surface area contributed by atoms with Crippen molar-refractivity contribution in [2.24, 2.45) is 11.7 Å². The van der Waals surface area contributed by atoms with Gasteiger partial charge < -0.3 is 15.0 Å². The largest absolute Gasteiger partial charge is 0.485 e. The lowest BCUT2D eigenvalue weighted by Gasteiger charge is -2.09. The third-order valence-corrected chi connectivity index (χ3v) is 2.60. The minimum Gasteiger partial charge on any atom is -0.485 e. The van der Waals surface area contributed by atoms with E-state index in [0.29, 0.717) is 11.7 Å². The van der Waals surface area contributed by atoms with Gasteiger partial charge in [-0.1, -0.05) is 37.2 Å². The number of aromatic nitrogens is 2. The maximum absolute atomic E-state index is 5.92. The Hall–Kier alpha value is -1.88. The van der Waals surface area contributed by atoms with E-state index in [2.05, 4.69) is 10.1 Å². The first-order valence-electron chi connectivity index (χ1n) is 5.92. The minimum atomic E-state index is -0.233. The second-order valence-corrected chi connectivity index (χ2v) is 4.42. The first-order valence-corrected chi connectivity index (χ1v) is 5.92. The van der Waals surface area contributed by atoms with Gasteiger partial charge in [-0.25, -0.2) is 0 Å². The van der Waals surface area contributed by atoms with E-state index in [1.807, 2.05) is 44.2 Å². The molecular formula is C13H17N3O2. The quantitative estimate of drug-likeness (QED) is 0.877. The standard InChI is InChI=1S/C13H17N3O2/c1-9(2)12(14)13-15-11(16-18-13)8-17-10-6-4-3-5-7-10/h3-7,9,12H,8,14H2,1-2H3/t12-/m1/s1. The van der Waals surface area contributed by atoms with Gasteiger partial charge in [0.2, 0.25) is 11.7 Å². The van der Waals surface area contributed by atoms with Crippen molar-refractivity contribution in [2.45, 2.75) is 26.5 Å². The maximum atomic E-state index is 5.92. The van der Waals surface area contributed by atoms with Crippen LogP contribution in [0.1, 0.15) is 31.6 Å². The van der Waals surface area contributed by atoms with Gasteiger partial charge in [0, 0.05) is 0 Å². The van der Waals surface area contributed by atoms with Crippen molar-refractivity contribution in [1.29, 1.82) is 0 Å². The topological polar surface area (TPSA) is 74.2 Å². The first-order chi connectivity index (χ1) is 8.66.